The van der Waals surface area contributed by atoms with E-state index in [1.807, 2.05) is 30.0 Å². The molecule has 2 aliphatic heterocycles. The fourth-order valence-corrected chi connectivity index (χ4v) is 6.80. The number of rotatable bonds is 4. The number of nitriles is 1. The van der Waals surface area contributed by atoms with Crippen molar-refractivity contribution in [2.24, 2.45) is 5.92 Å². The summed E-state index contributed by atoms with van der Waals surface area (Å²) in [6, 6.07) is 16.4. The zero-order valence-electron chi connectivity index (χ0n) is 16.5. The van der Waals surface area contributed by atoms with Crippen molar-refractivity contribution >= 4 is 27.7 Å². The van der Waals surface area contributed by atoms with Gasteiger partial charge >= 0.3 is 0 Å². The molecule has 2 heterocycles. The molecule has 1 atom stereocenters. The quantitative estimate of drug-likeness (QED) is 0.786. The molecule has 30 heavy (non-hydrogen) atoms. The largest absolute Gasteiger partial charge is 0.349 e. The van der Waals surface area contributed by atoms with Crippen molar-refractivity contribution in [3.63, 3.8) is 0 Å². The first-order valence-corrected chi connectivity index (χ1v) is 12.4. The van der Waals surface area contributed by atoms with Gasteiger partial charge in [0.15, 0.2) is 0 Å². The molecule has 2 aromatic carbocycles. The Morgan fingerprint density at radius 3 is 2.53 bits per heavy atom. The number of carbonyl (C=O) groups is 1. The van der Waals surface area contributed by atoms with Gasteiger partial charge in [-0.3, -0.25) is 4.79 Å². The molecule has 0 spiro atoms. The van der Waals surface area contributed by atoms with Crippen molar-refractivity contribution in [2.75, 3.05) is 18.8 Å². The third-order valence-corrected chi connectivity index (χ3v) is 8.80. The average Bonchev–Trinajstić information content (AvgIpc) is 2.79. The van der Waals surface area contributed by atoms with Crippen LogP contribution >= 0.6 is 11.8 Å². The minimum atomic E-state index is -3.74. The molecule has 8 heteroatoms. The highest BCUT2D eigenvalue weighted by atomic mass is 32.2. The van der Waals surface area contributed by atoms with Crippen LogP contribution in [0.4, 0.5) is 0 Å². The number of thioether (sulfide) groups is 1. The number of carbonyl (C=O) groups excluding carboxylic acids is 1. The van der Waals surface area contributed by atoms with Gasteiger partial charge in [0.1, 0.15) is 6.07 Å². The number of sulfonamides is 1. The van der Waals surface area contributed by atoms with E-state index in [0.717, 1.165) is 17.7 Å². The van der Waals surface area contributed by atoms with Crippen molar-refractivity contribution < 1.29 is 13.2 Å². The topological polar surface area (TPSA) is 90.3 Å². The maximum Gasteiger partial charge on any atom is 0.244 e. The van der Waals surface area contributed by atoms with Crippen LogP contribution in [0, 0.1) is 17.2 Å². The molecule has 2 aliphatic rings. The summed E-state index contributed by atoms with van der Waals surface area (Å²) >= 11 is 1.81. The number of hydrogen-bond acceptors (Lipinski definition) is 5. The van der Waals surface area contributed by atoms with Crippen LogP contribution in [0.15, 0.2) is 58.3 Å². The highest BCUT2D eigenvalue weighted by Crippen LogP contribution is 2.36. The normalized spacial score (nSPS) is 20.2. The van der Waals surface area contributed by atoms with Gasteiger partial charge in [-0.1, -0.05) is 30.3 Å². The Labute approximate surface area is 181 Å². The summed E-state index contributed by atoms with van der Waals surface area (Å²) < 4.78 is 27.3. The predicted octanol–water partition coefficient (Wildman–Crippen LogP) is 3.31. The predicted molar refractivity (Wildman–Crippen MR) is 115 cm³/mol. The monoisotopic (exact) mass is 441 g/mol. The average molecular weight is 442 g/mol. The molecule has 0 aliphatic carbocycles. The van der Waals surface area contributed by atoms with Crippen molar-refractivity contribution in [1.29, 1.82) is 5.26 Å². The number of piperidine rings is 1. The maximum absolute atomic E-state index is 13.0. The number of fused-ring (bicyclic) bond motifs is 1. The second-order valence-electron chi connectivity index (χ2n) is 7.52. The molecule has 1 N–H and O–H groups in total. The third kappa shape index (κ3) is 4.10. The molecule has 0 unspecified atom stereocenters. The lowest BCUT2D eigenvalue weighted by Gasteiger charge is -2.32. The lowest BCUT2D eigenvalue weighted by Crippen LogP contribution is -2.44. The van der Waals surface area contributed by atoms with Crippen LogP contribution in [-0.4, -0.2) is 37.5 Å². The van der Waals surface area contributed by atoms with Crippen molar-refractivity contribution in [2.45, 2.75) is 35.1 Å². The van der Waals surface area contributed by atoms with Crippen LogP contribution in [0.5, 0.6) is 0 Å². The van der Waals surface area contributed by atoms with Crippen molar-refractivity contribution in [3.8, 4) is 6.07 Å². The van der Waals surface area contributed by atoms with Crippen LogP contribution in [0.2, 0.25) is 0 Å². The highest BCUT2D eigenvalue weighted by Gasteiger charge is 2.34. The van der Waals surface area contributed by atoms with Crippen LogP contribution in [0.1, 0.15) is 36.4 Å². The maximum atomic E-state index is 13.0. The molecule has 4 rings (SSSR count). The number of amides is 1. The number of benzene rings is 2. The molecule has 1 saturated heterocycles. The van der Waals surface area contributed by atoms with Gasteiger partial charge in [-0.15, -0.1) is 11.8 Å². The molecule has 6 nitrogen and oxygen atoms in total. The fraction of sp³-hybridized carbons (Fsp3) is 0.364. The van der Waals surface area contributed by atoms with E-state index in [1.54, 1.807) is 12.1 Å². The molecule has 1 fully saturated rings. The van der Waals surface area contributed by atoms with Gasteiger partial charge in [0, 0.05) is 29.7 Å². The zero-order valence-corrected chi connectivity index (χ0v) is 18.1. The lowest BCUT2D eigenvalue weighted by molar-refractivity contribution is -0.126. The molecule has 0 bridgehead atoms. The summed E-state index contributed by atoms with van der Waals surface area (Å²) in [4.78, 5) is 14.1. The SMILES string of the molecule is N#Cc1ccccc1S(=O)(=O)N1CCC(C(=O)N[C@@H]2CCSc3ccccc32)CC1. The zero-order chi connectivity index (χ0) is 21.1. The fourth-order valence-electron chi connectivity index (χ4n) is 4.06. The Balaban J connectivity index is 1.40. The summed E-state index contributed by atoms with van der Waals surface area (Å²) in [5.74, 6) is 0.761. The highest BCUT2D eigenvalue weighted by molar-refractivity contribution is 7.99. The van der Waals surface area contributed by atoms with Gasteiger partial charge < -0.3 is 5.32 Å². The second-order valence-corrected chi connectivity index (χ2v) is 10.6. The third-order valence-electron chi connectivity index (χ3n) is 5.73. The minimum absolute atomic E-state index is 0.00354. The Bertz CT molecular complexity index is 1090. The Hall–Kier alpha value is -2.34. The summed E-state index contributed by atoms with van der Waals surface area (Å²) in [6.45, 7) is 0.550. The first kappa shape index (κ1) is 20.9. The molecule has 1 amide bonds. The molecule has 156 valence electrons. The van der Waals surface area contributed by atoms with Gasteiger partial charge in [0.05, 0.1) is 16.5 Å². The van der Waals surface area contributed by atoms with Gasteiger partial charge in [0.2, 0.25) is 15.9 Å². The summed E-state index contributed by atoms with van der Waals surface area (Å²) in [5, 5.41) is 12.4. The van der Waals surface area contributed by atoms with E-state index in [4.69, 9.17) is 0 Å². The van der Waals surface area contributed by atoms with Crippen LogP contribution < -0.4 is 5.32 Å². The number of hydrogen-bond donors (Lipinski definition) is 1. The molecule has 2 aromatic rings. The Morgan fingerprint density at radius 1 is 1.07 bits per heavy atom. The van der Waals surface area contributed by atoms with E-state index < -0.39 is 10.0 Å². The van der Waals surface area contributed by atoms with Gasteiger partial charge in [-0.05, 0) is 43.0 Å². The summed E-state index contributed by atoms with van der Waals surface area (Å²) in [5.41, 5.74) is 1.31. The first-order chi connectivity index (χ1) is 14.5. The van der Waals surface area contributed by atoms with Gasteiger partial charge in [-0.25, -0.2) is 8.42 Å². The second kappa shape index (κ2) is 8.80. The van der Waals surface area contributed by atoms with E-state index in [1.165, 1.54) is 21.3 Å². The molecular weight excluding hydrogens is 418 g/mol. The smallest absolute Gasteiger partial charge is 0.244 e. The summed E-state index contributed by atoms with van der Waals surface area (Å²) in [6.07, 6.45) is 1.84. The van der Waals surface area contributed by atoms with Crippen LogP contribution in [0.25, 0.3) is 0 Å². The number of nitrogens with one attached hydrogen (secondary N) is 1. The van der Waals surface area contributed by atoms with Crippen LogP contribution in [0.3, 0.4) is 0 Å². The van der Waals surface area contributed by atoms with E-state index >= 15 is 0 Å². The van der Waals surface area contributed by atoms with Gasteiger partial charge in [-0.2, -0.15) is 9.57 Å². The standard InChI is InChI=1S/C22H23N3O3S2/c23-15-17-5-1-4-8-21(17)30(27,28)25-12-9-16(10-13-25)22(26)24-19-11-14-29-20-7-3-2-6-18(19)20/h1-8,16,19H,9-14H2,(H,24,26)/t19-/m1/s1. The lowest BCUT2D eigenvalue weighted by atomic mass is 9.95. The molecular formula is C22H23N3O3S2. The van der Waals surface area contributed by atoms with E-state index in [0.29, 0.717) is 12.8 Å². The Morgan fingerprint density at radius 2 is 1.77 bits per heavy atom. The van der Waals surface area contributed by atoms with Crippen molar-refractivity contribution in [3.05, 3.63) is 59.7 Å². The van der Waals surface area contributed by atoms with E-state index in [2.05, 4.69) is 17.4 Å². The van der Waals surface area contributed by atoms with E-state index in [-0.39, 0.29) is 41.4 Å². The van der Waals surface area contributed by atoms with Gasteiger partial charge in [0.25, 0.3) is 0 Å². The minimum Gasteiger partial charge on any atom is -0.349 e. The number of nitrogens with zero attached hydrogens (tertiary/aromatic N) is 2. The van der Waals surface area contributed by atoms with Crippen LogP contribution in [-0.2, 0) is 14.8 Å². The van der Waals surface area contributed by atoms with E-state index in [9.17, 15) is 18.5 Å². The molecule has 0 aromatic heterocycles. The molecule has 0 radical (unpaired) electrons. The Kier molecular flexibility index (Phi) is 6.14. The van der Waals surface area contributed by atoms with Crippen molar-refractivity contribution in [1.82, 2.24) is 9.62 Å². The summed E-state index contributed by atoms with van der Waals surface area (Å²) in [7, 11) is -3.74. The first-order valence-electron chi connectivity index (χ1n) is 10.0. The molecule has 0 saturated carbocycles.